The summed E-state index contributed by atoms with van der Waals surface area (Å²) in [5, 5.41) is 23.3. The van der Waals surface area contributed by atoms with E-state index in [0.717, 1.165) is 38.5 Å². The van der Waals surface area contributed by atoms with Crippen molar-refractivity contribution in [3.63, 3.8) is 0 Å². The van der Waals surface area contributed by atoms with Crippen molar-refractivity contribution in [3.8, 4) is 0 Å². The second-order valence-electron chi connectivity index (χ2n) is 25.3. The molecule has 0 bridgehead atoms. The van der Waals surface area contributed by atoms with Crippen molar-refractivity contribution in [2.24, 2.45) is 0 Å². The number of esters is 1. The van der Waals surface area contributed by atoms with Gasteiger partial charge in [-0.15, -0.1) is 0 Å². The van der Waals surface area contributed by atoms with Gasteiger partial charge in [-0.1, -0.05) is 386 Å². The van der Waals surface area contributed by atoms with Gasteiger partial charge in [-0.25, -0.2) is 0 Å². The number of aliphatic hydroxyl groups is 2. The van der Waals surface area contributed by atoms with Crippen LogP contribution >= 0.6 is 0 Å². The first-order chi connectivity index (χ1) is 39.0. The van der Waals surface area contributed by atoms with Crippen molar-refractivity contribution in [1.82, 2.24) is 5.32 Å². The zero-order chi connectivity index (χ0) is 57.1. The minimum absolute atomic E-state index is 0.0217. The van der Waals surface area contributed by atoms with Crippen LogP contribution in [-0.2, 0) is 14.3 Å². The van der Waals surface area contributed by atoms with Gasteiger partial charge in [-0.3, -0.25) is 9.59 Å². The number of carbonyl (C=O) groups excluding carboxylic acids is 2. The number of ether oxygens (including phenoxy) is 1. The second-order valence-corrected chi connectivity index (χ2v) is 25.3. The highest BCUT2D eigenvalue weighted by Crippen LogP contribution is 2.19. The first kappa shape index (κ1) is 77.6. The summed E-state index contributed by atoms with van der Waals surface area (Å²) in [5.41, 5.74) is 0. The quantitative estimate of drug-likeness (QED) is 0.0320. The average molecular weight is 1110 g/mol. The molecule has 6 heteroatoms. The normalized spacial score (nSPS) is 12.5. The Bertz CT molecular complexity index is 1190. The Hall–Kier alpha value is -1.40. The van der Waals surface area contributed by atoms with Gasteiger partial charge in [0.25, 0.3) is 0 Å². The van der Waals surface area contributed by atoms with E-state index in [1.807, 2.05) is 6.08 Å². The molecular weight excluding hydrogens is 971 g/mol. The second kappa shape index (κ2) is 69.1. The highest BCUT2D eigenvalue weighted by atomic mass is 16.5. The summed E-state index contributed by atoms with van der Waals surface area (Å²) >= 11 is 0. The fourth-order valence-electron chi connectivity index (χ4n) is 11.8. The van der Waals surface area contributed by atoms with Crippen LogP contribution in [0.5, 0.6) is 0 Å². The van der Waals surface area contributed by atoms with Gasteiger partial charge in [0.05, 0.1) is 25.4 Å². The van der Waals surface area contributed by atoms with E-state index in [2.05, 4.69) is 19.2 Å². The molecule has 0 fully saturated rings. The minimum atomic E-state index is -0.842. The van der Waals surface area contributed by atoms with Crippen LogP contribution in [0.25, 0.3) is 0 Å². The maximum Gasteiger partial charge on any atom is 0.305 e. The number of hydrogen-bond acceptors (Lipinski definition) is 5. The summed E-state index contributed by atoms with van der Waals surface area (Å²) < 4.78 is 5.49. The summed E-state index contributed by atoms with van der Waals surface area (Å²) in [6, 6.07) is -0.625. The van der Waals surface area contributed by atoms with Crippen LogP contribution in [0.3, 0.4) is 0 Å². The molecule has 0 aromatic carbocycles. The molecule has 0 aliphatic carbocycles. The van der Waals surface area contributed by atoms with E-state index in [4.69, 9.17) is 4.74 Å². The van der Waals surface area contributed by atoms with Crippen LogP contribution in [-0.4, -0.2) is 47.4 Å². The minimum Gasteiger partial charge on any atom is -0.466 e. The van der Waals surface area contributed by atoms with Gasteiger partial charge in [-0.2, -0.15) is 0 Å². The van der Waals surface area contributed by atoms with Crippen LogP contribution < -0.4 is 5.32 Å². The summed E-state index contributed by atoms with van der Waals surface area (Å²) in [6.07, 6.45) is 85.9. The predicted molar refractivity (Wildman–Crippen MR) is 347 cm³/mol. The van der Waals surface area contributed by atoms with Gasteiger partial charge in [0.1, 0.15) is 0 Å². The van der Waals surface area contributed by atoms with E-state index in [-0.39, 0.29) is 18.5 Å². The average Bonchev–Trinajstić information content (AvgIpc) is 3.45. The lowest BCUT2D eigenvalue weighted by Crippen LogP contribution is -2.45. The third-order valence-electron chi connectivity index (χ3n) is 17.3. The number of carbonyl (C=O) groups is 2. The monoisotopic (exact) mass is 1110 g/mol. The molecule has 1 amide bonds. The van der Waals surface area contributed by atoms with Crippen LogP contribution in [0.4, 0.5) is 0 Å². The van der Waals surface area contributed by atoms with E-state index >= 15 is 0 Å². The lowest BCUT2D eigenvalue weighted by Gasteiger charge is -2.20. The van der Waals surface area contributed by atoms with Gasteiger partial charge in [0, 0.05) is 12.8 Å². The molecule has 6 nitrogen and oxygen atoms in total. The highest BCUT2D eigenvalue weighted by Gasteiger charge is 2.18. The van der Waals surface area contributed by atoms with Crippen molar-refractivity contribution in [3.05, 3.63) is 12.2 Å². The molecule has 470 valence electrons. The molecule has 2 unspecified atom stereocenters. The molecule has 0 rings (SSSR count). The molecule has 0 heterocycles. The number of allylic oxidation sites excluding steroid dienone is 1. The largest absolute Gasteiger partial charge is 0.466 e. The molecule has 0 aromatic heterocycles. The topological polar surface area (TPSA) is 95.9 Å². The predicted octanol–water partition coefficient (Wildman–Crippen LogP) is 23.5. The lowest BCUT2D eigenvalue weighted by atomic mass is 10.0. The Morgan fingerprint density at radius 3 is 0.861 bits per heavy atom. The van der Waals surface area contributed by atoms with Crippen LogP contribution in [0.1, 0.15) is 418 Å². The maximum absolute atomic E-state index is 12.5. The summed E-state index contributed by atoms with van der Waals surface area (Å²) in [6.45, 7) is 4.95. The Kier molecular flexibility index (Phi) is 67.9. The number of aliphatic hydroxyl groups excluding tert-OH is 2. The van der Waals surface area contributed by atoms with Crippen LogP contribution in [0.15, 0.2) is 12.2 Å². The molecule has 0 saturated heterocycles. The number of unbranched alkanes of at least 4 members (excludes halogenated alkanes) is 58. The van der Waals surface area contributed by atoms with Crippen molar-refractivity contribution >= 4 is 11.9 Å². The van der Waals surface area contributed by atoms with Crippen LogP contribution in [0, 0.1) is 0 Å². The van der Waals surface area contributed by atoms with Crippen molar-refractivity contribution in [1.29, 1.82) is 0 Å². The fourth-order valence-corrected chi connectivity index (χ4v) is 11.8. The van der Waals surface area contributed by atoms with Crippen molar-refractivity contribution < 1.29 is 24.5 Å². The summed E-state index contributed by atoms with van der Waals surface area (Å²) in [5.74, 6) is -0.0381. The maximum atomic E-state index is 12.5. The molecular formula is C73H143NO5. The Morgan fingerprint density at radius 2 is 0.582 bits per heavy atom. The SMILES string of the molecule is CCCCCCCCCCCCCCCCCCCC/C=C/C(O)C(CO)NC(=O)CCCCCCCCCCCCCCCCCCCCCCCCCCCCCCCOC(=O)CCCCCCCCCCCCCCC. The number of rotatable bonds is 69. The Labute approximate surface area is 495 Å². The standard InChI is InChI=1S/C73H143NO5/c1-3-5-7-9-11-13-15-17-18-19-20-32-35-38-42-45-49-53-57-61-65-71(76)70(69-75)74-72(77)66-62-58-54-50-46-43-39-36-33-30-28-26-24-22-21-23-25-27-29-31-34-37-40-44-48-52-56-60-64-68-79-73(78)67-63-59-55-51-47-41-16-14-12-10-8-6-4-2/h61,65,70-71,75-76H,3-60,62-64,66-69H2,1-2H3,(H,74,77)/b65-61+. The summed E-state index contributed by atoms with van der Waals surface area (Å²) in [7, 11) is 0. The van der Waals surface area contributed by atoms with Crippen molar-refractivity contribution in [2.75, 3.05) is 13.2 Å². The van der Waals surface area contributed by atoms with E-state index in [1.54, 1.807) is 6.08 Å². The Morgan fingerprint density at radius 1 is 0.342 bits per heavy atom. The fraction of sp³-hybridized carbons (Fsp3) is 0.945. The lowest BCUT2D eigenvalue weighted by molar-refractivity contribution is -0.143. The number of nitrogens with one attached hydrogen (secondary N) is 1. The molecule has 0 aliphatic heterocycles. The van der Waals surface area contributed by atoms with E-state index in [1.165, 1.54) is 353 Å². The molecule has 0 aliphatic rings. The molecule has 2 atom stereocenters. The molecule has 0 aromatic rings. The van der Waals surface area contributed by atoms with E-state index in [0.29, 0.717) is 19.4 Å². The van der Waals surface area contributed by atoms with Crippen LogP contribution in [0.2, 0.25) is 0 Å². The summed E-state index contributed by atoms with van der Waals surface area (Å²) in [4.78, 5) is 24.6. The highest BCUT2D eigenvalue weighted by molar-refractivity contribution is 5.76. The third kappa shape index (κ3) is 65.6. The zero-order valence-corrected chi connectivity index (χ0v) is 53.9. The number of hydrogen-bond donors (Lipinski definition) is 3. The van der Waals surface area contributed by atoms with E-state index < -0.39 is 12.1 Å². The molecule has 3 N–H and O–H groups in total. The van der Waals surface area contributed by atoms with Gasteiger partial charge in [-0.05, 0) is 32.1 Å². The first-order valence-electron chi connectivity index (χ1n) is 36.5. The number of amides is 1. The molecule has 0 saturated carbocycles. The smallest absolute Gasteiger partial charge is 0.305 e. The zero-order valence-electron chi connectivity index (χ0n) is 53.9. The first-order valence-corrected chi connectivity index (χ1v) is 36.5. The van der Waals surface area contributed by atoms with Gasteiger partial charge < -0.3 is 20.3 Å². The van der Waals surface area contributed by atoms with Crippen molar-refractivity contribution in [2.45, 2.75) is 431 Å². The van der Waals surface area contributed by atoms with Gasteiger partial charge >= 0.3 is 5.97 Å². The van der Waals surface area contributed by atoms with Gasteiger partial charge in [0.2, 0.25) is 5.91 Å². The third-order valence-corrected chi connectivity index (χ3v) is 17.3. The van der Waals surface area contributed by atoms with Gasteiger partial charge in [0.15, 0.2) is 0 Å². The molecule has 79 heavy (non-hydrogen) atoms. The van der Waals surface area contributed by atoms with E-state index in [9.17, 15) is 19.8 Å². The molecule has 0 spiro atoms. The molecule has 0 radical (unpaired) electrons. The Balaban J connectivity index is 3.35.